The summed E-state index contributed by atoms with van der Waals surface area (Å²) in [7, 11) is 0. The van der Waals surface area contributed by atoms with Gasteiger partial charge in [-0.2, -0.15) is 0 Å². The van der Waals surface area contributed by atoms with E-state index in [0.29, 0.717) is 10.6 Å². The first-order chi connectivity index (χ1) is 9.08. The minimum absolute atomic E-state index is 0.0376. The van der Waals surface area contributed by atoms with Crippen molar-refractivity contribution in [3.8, 4) is 0 Å². The van der Waals surface area contributed by atoms with Gasteiger partial charge in [0.15, 0.2) is 0 Å². The van der Waals surface area contributed by atoms with E-state index in [1.165, 1.54) is 18.2 Å². The second-order valence-corrected chi connectivity index (χ2v) is 5.72. The van der Waals surface area contributed by atoms with Gasteiger partial charge in [-0.3, -0.25) is 4.79 Å². The molecule has 0 bridgehead atoms. The van der Waals surface area contributed by atoms with Crippen LogP contribution in [0.25, 0.3) is 0 Å². The van der Waals surface area contributed by atoms with Gasteiger partial charge in [0.25, 0.3) is 0 Å². The van der Waals surface area contributed by atoms with Gasteiger partial charge in [0.05, 0.1) is 0 Å². The molecular formula is C15H19ClFNO. The number of carbonyl (C=O) groups is 1. The third-order valence-corrected chi connectivity index (χ3v) is 4.09. The average Bonchev–Trinajstić information content (AvgIpc) is 2.58. The summed E-state index contributed by atoms with van der Waals surface area (Å²) in [5, 5.41) is 0.453. The Bertz CT molecular complexity index is 463. The molecule has 0 spiro atoms. The van der Waals surface area contributed by atoms with E-state index in [1.54, 1.807) is 0 Å². The van der Waals surface area contributed by atoms with Crippen molar-refractivity contribution in [2.75, 3.05) is 0 Å². The molecule has 19 heavy (non-hydrogen) atoms. The zero-order valence-corrected chi connectivity index (χ0v) is 11.6. The lowest BCUT2D eigenvalue weighted by Crippen LogP contribution is -2.35. The summed E-state index contributed by atoms with van der Waals surface area (Å²) in [5.74, 6) is -0.476. The molecule has 2 rings (SSSR count). The van der Waals surface area contributed by atoms with Gasteiger partial charge in [0, 0.05) is 23.4 Å². The van der Waals surface area contributed by atoms with Gasteiger partial charge in [-0.05, 0) is 36.6 Å². The van der Waals surface area contributed by atoms with Crippen LogP contribution in [0.15, 0.2) is 18.2 Å². The Morgan fingerprint density at radius 3 is 2.84 bits per heavy atom. The van der Waals surface area contributed by atoms with E-state index in [4.69, 9.17) is 17.3 Å². The molecule has 2 nitrogen and oxygen atoms in total. The summed E-state index contributed by atoms with van der Waals surface area (Å²) in [5.41, 5.74) is 6.43. The van der Waals surface area contributed by atoms with E-state index in [0.717, 1.165) is 32.1 Å². The normalized spacial score (nSPS) is 23.9. The quantitative estimate of drug-likeness (QED) is 0.863. The van der Waals surface area contributed by atoms with Crippen LogP contribution >= 0.6 is 11.6 Å². The van der Waals surface area contributed by atoms with Crippen molar-refractivity contribution >= 4 is 17.4 Å². The van der Waals surface area contributed by atoms with Crippen molar-refractivity contribution in [3.05, 3.63) is 34.6 Å². The Hall–Kier alpha value is -0.930. The maximum Gasteiger partial charge on any atom is 0.141 e. The number of benzene rings is 1. The summed E-state index contributed by atoms with van der Waals surface area (Å²) < 4.78 is 13.6. The molecule has 1 aliphatic carbocycles. The lowest BCUT2D eigenvalue weighted by Gasteiger charge is -2.20. The maximum absolute atomic E-state index is 13.6. The number of hydrogen-bond acceptors (Lipinski definition) is 2. The van der Waals surface area contributed by atoms with E-state index >= 15 is 0 Å². The van der Waals surface area contributed by atoms with Crippen molar-refractivity contribution in [1.29, 1.82) is 0 Å². The van der Waals surface area contributed by atoms with E-state index < -0.39 is 0 Å². The third-order valence-electron chi connectivity index (χ3n) is 3.86. The van der Waals surface area contributed by atoms with Crippen LogP contribution in [0.1, 0.15) is 37.7 Å². The molecule has 1 aromatic rings. The first-order valence-corrected chi connectivity index (χ1v) is 7.18. The molecule has 0 aliphatic heterocycles. The fourth-order valence-electron chi connectivity index (χ4n) is 2.73. The molecular weight excluding hydrogens is 265 g/mol. The number of rotatable bonds is 3. The molecule has 0 radical (unpaired) electrons. The van der Waals surface area contributed by atoms with Gasteiger partial charge in [0.1, 0.15) is 11.6 Å². The minimum atomic E-state index is -0.375. The molecule has 4 heteroatoms. The number of carbonyl (C=O) groups excluding carboxylic acids is 1. The molecule has 1 saturated carbocycles. The van der Waals surface area contributed by atoms with Crippen LogP contribution in [0.4, 0.5) is 4.39 Å². The second kappa shape index (κ2) is 6.49. The maximum atomic E-state index is 13.6. The lowest BCUT2D eigenvalue weighted by atomic mass is 9.88. The first kappa shape index (κ1) is 14.5. The monoisotopic (exact) mass is 283 g/mol. The highest BCUT2D eigenvalue weighted by Crippen LogP contribution is 2.25. The standard InChI is InChI=1S/C15H19ClFNO/c16-11-6-7-13(17)10(8-11)9-15(19)12-4-2-1-3-5-14(12)18/h6-8,12,14H,1-5,9,18H2. The van der Waals surface area contributed by atoms with Crippen LogP contribution in [0.3, 0.4) is 0 Å². The largest absolute Gasteiger partial charge is 0.327 e. The van der Waals surface area contributed by atoms with Crippen molar-refractivity contribution in [3.63, 3.8) is 0 Å². The summed E-state index contributed by atoms with van der Waals surface area (Å²) in [6, 6.07) is 4.23. The van der Waals surface area contributed by atoms with Crippen LogP contribution in [-0.2, 0) is 11.2 Å². The van der Waals surface area contributed by atoms with Crippen LogP contribution in [-0.4, -0.2) is 11.8 Å². The predicted octanol–water partition coefficient (Wildman–Crippen LogP) is 3.50. The Balaban J connectivity index is 2.09. The summed E-state index contributed by atoms with van der Waals surface area (Å²) in [6.45, 7) is 0. The van der Waals surface area contributed by atoms with Gasteiger partial charge < -0.3 is 5.73 Å². The van der Waals surface area contributed by atoms with Crippen LogP contribution in [0.2, 0.25) is 5.02 Å². The second-order valence-electron chi connectivity index (χ2n) is 5.29. The number of halogens is 2. The summed E-state index contributed by atoms with van der Waals surface area (Å²) >= 11 is 5.84. The van der Waals surface area contributed by atoms with Crippen molar-refractivity contribution in [2.24, 2.45) is 11.7 Å². The number of ketones is 1. The minimum Gasteiger partial charge on any atom is -0.327 e. The molecule has 0 saturated heterocycles. The Morgan fingerprint density at radius 1 is 1.32 bits per heavy atom. The van der Waals surface area contributed by atoms with Crippen LogP contribution in [0, 0.1) is 11.7 Å². The van der Waals surface area contributed by atoms with Crippen molar-refractivity contribution in [1.82, 2.24) is 0 Å². The highest BCUT2D eigenvalue weighted by Gasteiger charge is 2.27. The zero-order chi connectivity index (χ0) is 13.8. The lowest BCUT2D eigenvalue weighted by molar-refractivity contribution is -0.123. The smallest absolute Gasteiger partial charge is 0.141 e. The molecule has 2 atom stereocenters. The molecule has 1 aliphatic rings. The fraction of sp³-hybridized carbons (Fsp3) is 0.533. The highest BCUT2D eigenvalue weighted by atomic mass is 35.5. The Kier molecular flexibility index (Phi) is 4.94. The molecule has 104 valence electrons. The van der Waals surface area contributed by atoms with Gasteiger partial charge in [-0.1, -0.05) is 30.9 Å². The molecule has 2 N–H and O–H groups in total. The molecule has 0 heterocycles. The summed E-state index contributed by atoms with van der Waals surface area (Å²) in [6.07, 6.45) is 5.03. The third kappa shape index (κ3) is 3.77. The Labute approximate surface area is 118 Å². The molecule has 1 aromatic carbocycles. The number of nitrogens with two attached hydrogens (primary N) is 1. The SMILES string of the molecule is NC1CCCCCC1C(=O)Cc1cc(Cl)ccc1F. The molecule has 0 aromatic heterocycles. The van der Waals surface area contributed by atoms with Gasteiger partial charge >= 0.3 is 0 Å². The van der Waals surface area contributed by atoms with Crippen molar-refractivity contribution < 1.29 is 9.18 Å². The van der Waals surface area contributed by atoms with Crippen LogP contribution in [0.5, 0.6) is 0 Å². The van der Waals surface area contributed by atoms with Crippen LogP contribution < -0.4 is 5.73 Å². The number of hydrogen-bond donors (Lipinski definition) is 1. The van der Waals surface area contributed by atoms with Crippen molar-refractivity contribution in [2.45, 2.75) is 44.6 Å². The van der Waals surface area contributed by atoms with E-state index in [1.807, 2.05) is 0 Å². The average molecular weight is 284 g/mol. The molecule has 2 unspecified atom stereocenters. The topological polar surface area (TPSA) is 43.1 Å². The first-order valence-electron chi connectivity index (χ1n) is 6.80. The van der Waals surface area contributed by atoms with Gasteiger partial charge in [-0.25, -0.2) is 4.39 Å². The van der Waals surface area contributed by atoms with E-state index in [9.17, 15) is 9.18 Å². The molecule has 0 amide bonds. The predicted molar refractivity (Wildman–Crippen MR) is 74.7 cm³/mol. The van der Waals surface area contributed by atoms with E-state index in [-0.39, 0.29) is 30.0 Å². The molecule has 1 fully saturated rings. The van der Waals surface area contributed by atoms with Gasteiger partial charge in [-0.15, -0.1) is 0 Å². The fourth-order valence-corrected chi connectivity index (χ4v) is 2.93. The highest BCUT2D eigenvalue weighted by molar-refractivity contribution is 6.30. The Morgan fingerprint density at radius 2 is 2.05 bits per heavy atom. The van der Waals surface area contributed by atoms with Gasteiger partial charge in [0.2, 0.25) is 0 Å². The zero-order valence-electron chi connectivity index (χ0n) is 10.9. The van der Waals surface area contributed by atoms with E-state index in [2.05, 4.69) is 0 Å². The number of Topliss-reactive ketones (excluding diaryl/α,β-unsaturated/α-hetero) is 1. The summed E-state index contributed by atoms with van der Waals surface area (Å²) in [4.78, 5) is 12.3.